The van der Waals surface area contributed by atoms with Crippen molar-refractivity contribution < 1.29 is 14.7 Å². The summed E-state index contributed by atoms with van der Waals surface area (Å²) in [5.41, 5.74) is -0.683. The van der Waals surface area contributed by atoms with Crippen LogP contribution < -0.4 is 5.32 Å². The fourth-order valence-corrected chi connectivity index (χ4v) is 5.03. The molecule has 3 fully saturated rings. The van der Waals surface area contributed by atoms with Crippen molar-refractivity contribution in [3.05, 3.63) is 0 Å². The molecular formula is C18H31N3O3. The van der Waals surface area contributed by atoms with Gasteiger partial charge in [-0.05, 0) is 44.6 Å². The van der Waals surface area contributed by atoms with E-state index in [-0.39, 0.29) is 11.9 Å². The highest BCUT2D eigenvalue weighted by Crippen LogP contribution is 2.48. The number of nitrogens with one attached hydrogen (secondary N) is 1. The van der Waals surface area contributed by atoms with Crippen LogP contribution in [0, 0.1) is 11.3 Å². The molecule has 6 heteroatoms. The van der Waals surface area contributed by atoms with Crippen molar-refractivity contribution >= 4 is 12.0 Å². The Morgan fingerprint density at radius 2 is 2.08 bits per heavy atom. The second-order valence-electron chi connectivity index (χ2n) is 7.76. The van der Waals surface area contributed by atoms with E-state index in [0.717, 1.165) is 25.9 Å². The lowest BCUT2D eigenvalue weighted by atomic mass is 9.81. The van der Waals surface area contributed by atoms with Crippen molar-refractivity contribution in [2.45, 2.75) is 57.9 Å². The number of amides is 2. The maximum Gasteiger partial charge on any atom is 0.317 e. The number of aliphatic carboxylic acids is 1. The molecule has 2 saturated heterocycles. The lowest BCUT2D eigenvalue weighted by molar-refractivity contribution is -0.149. The summed E-state index contributed by atoms with van der Waals surface area (Å²) in [5, 5.41) is 12.6. The lowest BCUT2D eigenvalue weighted by Crippen LogP contribution is -2.46. The largest absolute Gasteiger partial charge is 0.481 e. The molecule has 0 bridgehead atoms. The summed E-state index contributed by atoms with van der Waals surface area (Å²) in [6.07, 6.45) is 7.61. The van der Waals surface area contributed by atoms with Gasteiger partial charge in [-0.1, -0.05) is 19.8 Å². The number of carbonyl (C=O) groups excluding carboxylic acids is 1. The van der Waals surface area contributed by atoms with Crippen molar-refractivity contribution in [1.29, 1.82) is 0 Å². The minimum atomic E-state index is -0.723. The molecule has 0 aromatic rings. The molecule has 2 aliphatic heterocycles. The third-order valence-electron chi connectivity index (χ3n) is 6.48. The molecule has 136 valence electrons. The van der Waals surface area contributed by atoms with E-state index in [9.17, 15) is 14.7 Å². The fourth-order valence-electron chi connectivity index (χ4n) is 5.03. The number of carboxylic acids is 1. The molecule has 0 spiro atoms. The maximum absolute atomic E-state index is 12.4. The Morgan fingerprint density at radius 3 is 2.79 bits per heavy atom. The van der Waals surface area contributed by atoms with Gasteiger partial charge in [-0.2, -0.15) is 0 Å². The number of hydrogen-bond donors (Lipinski definition) is 2. The maximum atomic E-state index is 12.4. The summed E-state index contributed by atoms with van der Waals surface area (Å²) >= 11 is 0. The zero-order valence-corrected chi connectivity index (χ0v) is 14.8. The molecule has 1 unspecified atom stereocenters. The quantitative estimate of drug-likeness (QED) is 0.806. The minimum Gasteiger partial charge on any atom is -0.481 e. The van der Waals surface area contributed by atoms with E-state index in [2.05, 4.69) is 17.1 Å². The molecule has 2 amide bonds. The van der Waals surface area contributed by atoms with Crippen LogP contribution in [0.3, 0.4) is 0 Å². The molecule has 3 rings (SSSR count). The van der Waals surface area contributed by atoms with Crippen LogP contribution in [0.2, 0.25) is 0 Å². The Balaban J connectivity index is 1.47. The van der Waals surface area contributed by atoms with Gasteiger partial charge in [0.1, 0.15) is 0 Å². The Bertz CT molecular complexity index is 484. The normalized spacial score (nSPS) is 33.5. The topological polar surface area (TPSA) is 72.9 Å². The highest BCUT2D eigenvalue weighted by Gasteiger charge is 2.55. The van der Waals surface area contributed by atoms with E-state index in [0.29, 0.717) is 32.1 Å². The Labute approximate surface area is 144 Å². The SMILES string of the molecule is CCC1CCCCN1CCNC(=O)N1C[C@@H]2CCC[C@@]2(C(=O)O)C1. The molecule has 2 heterocycles. The van der Waals surface area contributed by atoms with E-state index >= 15 is 0 Å². The number of carbonyl (C=O) groups is 2. The standard InChI is InChI=1S/C18H31N3O3/c1-2-15-7-3-4-10-20(15)11-9-19-17(24)21-12-14-6-5-8-18(14,13-21)16(22)23/h14-15H,2-13H2,1H3,(H,19,24)(H,22,23)/t14-,15?,18+/m0/s1. The van der Waals surface area contributed by atoms with Gasteiger partial charge in [0.15, 0.2) is 0 Å². The molecule has 3 atom stereocenters. The highest BCUT2D eigenvalue weighted by atomic mass is 16.4. The zero-order chi connectivity index (χ0) is 17.2. The molecule has 1 aliphatic carbocycles. The summed E-state index contributed by atoms with van der Waals surface area (Å²) in [6.45, 7) is 5.87. The second kappa shape index (κ2) is 7.30. The van der Waals surface area contributed by atoms with Gasteiger partial charge in [-0.3, -0.25) is 9.69 Å². The molecule has 3 aliphatic rings. The number of hydrogen-bond acceptors (Lipinski definition) is 3. The average molecular weight is 337 g/mol. The third kappa shape index (κ3) is 3.25. The molecule has 2 N–H and O–H groups in total. The van der Waals surface area contributed by atoms with Gasteiger partial charge >= 0.3 is 12.0 Å². The smallest absolute Gasteiger partial charge is 0.317 e. The van der Waals surface area contributed by atoms with Crippen LogP contribution in [0.25, 0.3) is 0 Å². The molecule has 24 heavy (non-hydrogen) atoms. The molecule has 0 aromatic heterocycles. The number of likely N-dealkylation sites (tertiary alicyclic amines) is 2. The minimum absolute atomic E-state index is 0.0879. The summed E-state index contributed by atoms with van der Waals surface area (Å²) in [7, 11) is 0. The lowest BCUT2D eigenvalue weighted by Gasteiger charge is -2.35. The molecule has 1 saturated carbocycles. The molecular weight excluding hydrogens is 306 g/mol. The van der Waals surface area contributed by atoms with Gasteiger partial charge in [-0.15, -0.1) is 0 Å². The number of nitrogens with zero attached hydrogens (tertiary/aromatic N) is 2. The zero-order valence-electron chi connectivity index (χ0n) is 14.8. The monoisotopic (exact) mass is 337 g/mol. The first-order chi connectivity index (χ1) is 11.6. The first-order valence-corrected chi connectivity index (χ1v) is 9.57. The summed E-state index contributed by atoms with van der Waals surface area (Å²) in [6, 6.07) is 0.562. The predicted octanol–water partition coefficient (Wildman–Crippen LogP) is 2.15. The second-order valence-corrected chi connectivity index (χ2v) is 7.76. The van der Waals surface area contributed by atoms with Crippen LogP contribution in [0.1, 0.15) is 51.9 Å². The first-order valence-electron chi connectivity index (χ1n) is 9.57. The summed E-state index contributed by atoms with van der Waals surface area (Å²) in [4.78, 5) is 28.4. The Kier molecular flexibility index (Phi) is 5.33. The van der Waals surface area contributed by atoms with Crippen LogP contribution in [-0.4, -0.2) is 65.7 Å². The van der Waals surface area contributed by atoms with Crippen LogP contribution in [0.5, 0.6) is 0 Å². The van der Waals surface area contributed by atoms with Crippen LogP contribution in [0.15, 0.2) is 0 Å². The molecule has 6 nitrogen and oxygen atoms in total. The highest BCUT2D eigenvalue weighted by molar-refractivity contribution is 5.80. The summed E-state index contributed by atoms with van der Waals surface area (Å²) < 4.78 is 0. The van der Waals surface area contributed by atoms with Crippen molar-refractivity contribution in [3.63, 3.8) is 0 Å². The van der Waals surface area contributed by atoms with Crippen molar-refractivity contribution in [3.8, 4) is 0 Å². The fraction of sp³-hybridized carbons (Fsp3) is 0.889. The molecule has 0 radical (unpaired) electrons. The van der Waals surface area contributed by atoms with E-state index in [1.807, 2.05) is 0 Å². The van der Waals surface area contributed by atoms with E-state index in [1.165, 1.54) is 25.7 Å². The van der Waals surface area contributed by atoms with Gasteiger partial charge in [-0.25, -0.2) is 4.79 Å². The van der Waals surface area contributed by atoms with Crippen LogP contribution in [0.4, 0.5) is 4.79 Å². The van der Waals surface area contributed by atoms with Crippen molar-refractivity contribution in [2.24, 2.45) is 11.3 Å². The van der Waals surface area contributed by atoms with Crippen LogP contribution >= 0.6 is 0 Å². The van der Waals surface area contributed by atoms with Gasteiger partial charge in [0, 0.05) is 32.2 Å². The first kappa shape index (κ1) is 17.5. The number of fused-ring (bicyclic) bond motifs is 1. The van der Waals surface area contributed by atoms with Crippen LogP contribution in [-0.2, 0) is 4.79 Å². The molecule has 0 aromatic carbocycles. The van der Waals surface area contributed by atoms with Gasteiger partial charge in [0.2, 0.25) is 0 Å². The predicted molar refractivity (Wildman–Crippen MR) is 91.9 cm³/mol. The number of urea groups is 1. The van der Waals surface area contributed by atoms with E-state index in [1.54, 1.807) is 4.90 Å². The van der Waals surface area contributed by atoms with Gasteiger partial charge < -0.3 is 15.3 Å². The third-order valence-corrected chi connectivity index (χ3v) is 6.48. The van der Waals surface area contributed by atoms with Gasteiger partial charge in [0.05, 0.1) is 5.41 Å². The van der Waals surface area contributed by atoms with E-state index < -0.39 is 11.4 Å². The number of carboxylic acid groups (broad SMARTS) is 1. The summed E-state index contributed by atoms with van der Waals surface area (Å²) in [5.74, 6) is -0.591. The Hall–Kier alpha value is -1.30. The number of rotatable bonds is 5. The Morgan fingerprint density at radius 1 is 1.25 bits per heavy atom. The van der Waals surface area contributed by atoms with Crippen molar-refractivity contribution in [2.75, 3.05) is 32.7 Å². The van der Waals surface area contributed by atoms with Crippen molar-refractivity contribution in [1.82, 2.24) is 15.1 Å². The number of piperidine rings is 1. The van der Waals surface area contributed by atoms with E-state index in [4.69, 9.17) is 0 Å². The average Bonchev–Trinajstić information content (AvgIpc) is 3.13. The van der Waals surface area contributed by atoms with Gasteiger partial charge in [0.25, 0.3) is 0 Å².